The molecule has 5 heteroatoms. The standard InChI is InChI=1S/C12H19NO3S/c1-10-5-3-6-11(9-17(14)15)12(10)13-7-4-8-16-2/h3,5-6,13H,4,7-9H2,1-2H3,(H,14,15). The lowest BCUT2D eigenvalue weighted by Gasteiger charge is -2.13. The van der Waals surface area contributed by atoms with Crippen LogP contribution in [-0.4, -0.2) is 29.0 Å². The molecule has 1 rings (SSSR count). The van der Waals surface area contributed by atoms with E-state index >= 15 is 0 Å². The summed E-state index contributed by atoms with van der Waals surface area (Å²) >= 11 is -1.81. The van der Waals surface area contributed by atoms with E-state index in [1.807, 2.05) is 25.1 Å². The van der Waals surface area contributed by atoms with E-state index < -0.39 is 11.1 Å². The minimum Gasteiger partial charge on any atom is -0.385 e. The largest absolute Gasteiger partial charge is 0.385 e. The predicted molar refractivity (Wildman–Crippen MR) is 70.6 cm³/mol. The van der Waals surface area contributed by atoms with Gasteiger partial charge in [0.25, 0.3) is 0 Å². The molecule has 1 atom stereocenters. The summed E-state index contributed by atoms with van der Waals surface area (Å²) in [6.45, 7) is 3.49. The Hall–Kier alpha value is -0.910. The Morgan fingerprint density at radius 2 is 2.24 bits per heavy atom. The first-order valence-corrected chi connectivity index (χ1v) is 6.81. The van der Waals surface area contributed by atoms with Gasteiger partial charge >= 0.3 is 0 Å². The number of aryl methyl sites for hydroxylation is 1. The van der Waals surface area contributed by atoms with Crippen LogP contribution in [0, 0.1) is 6.92 Å². The van der Waals surface area contributed by atoms with Crippen molar-refractivity contribution in [2.75, 3.05) is 25.6 Å². The zero-order valence-electron chi connectivity index (χ0n) is 10.2. The number of anilines is 1. The monoisotopic (exact) mass is 257 g/mol. The van der Waals surface area contributed by atoms with Crippen molar-refractivity contribution in [2.45, 2.75) is 19.1 Å². The van der Waals surface area contributed by atoms with Gasteiger partial charge < -0.3 is 14.6 Å². The molecule has 0 aliphatic carbocycles. The fourth-order valence-electron chi connectivity index (χ4n) is 1.66. The van der Waals surface area contributed by atoms with E-state index in [-0.39, 0.29) is 5.75 Å². The summed E-state index contributed by atoms with van der Waals surface area (Å²) in [4.78, 5) is 0. The van der Waals surface area contributed by atoms with Crippen LogP contribution in [0.3, 0.4) is 0 Å². The lowest BCUT2D eigenvalue weighted by molar-refractivity contribution is 0.198. The molecular weight excluding hydrogens is 238 g/mol. The number of methoxy groups -OCH3 is 1. The van der Waals surface area contributed by atoms with Crippen molar-refractivity contribution in [3.05, 3.63) is 29.3 Å². The molecule has 2 N–H and O–H groups in total. The Labute approximate surface area is 105 Å². The van der Waals surface area contributed by atoms with Crippen LogP contribution in [0.2, 0.25) is 0 Å². The molecule has 0 aromatic heterocycles. The highest BCUT2D eigenvalue weighted by molar-refractivity contribution is 7.78. The second-order valence-electron chi connectivity index (χ2n) is 3.85. The third-order valence-electron chi connectivity index (χ3n) is 2.47. The second-order valence-corrected chi connectivity index (χ2v) is 4.78. The van der Waals surface area contributed by atoms with E-state index in [1.54, 1.807) is 7.11 Å². The van der Waals surface area contributed by atoms with Crippen LogP contribution in [0.1, 0.15) is 17.5 Å². The summed E-state index contributed by atoms with van der Waals surface area (Å²) in [7, 11) is 1.67. The molecule has 0 amide bonds. The third kappa shape index (κ3) is 4.85. The maximum atomic E-state index is 10.9. The van der Waals surface area contributed by atoms with Gasteiger partial charge in [-0.1, -0.05) is 18.2 Å². The molecule has 0 bridgehead atoms. The molecule has 1 aromatic carbocycles. The van der Waals surface area contributed by atoms with Gasteiger partial charge in [0.2, 0.25) is 0 Å². The van der Waals surface area contributed by atoms with Gasteiger partial charge in [0.05, 0.1) is 5.75 Å². The number of benzene rings is 1. The van der Waals surface area contributed by atoms with Gasteiger partial charge in [-0.2, -0.15) is 0 Å². The molecule has 0 saturated carbocycles. The highest BCUT2D eigenvalue weighted by atomic mass is 32.2. The van der Waals surface area contributed by atoms with Gasteiger partial charge in [-0.05, 0) is 24.5 Å². The van der Waals surface area contributed by atoms with Gasteiger partial charge in [-0.3, -0.25) is 0 Å². The Bertz CT molecular complexity index is 382. The van der Waals surface area contributed by atoms with E-state index in [0.29, 0.717) is 6.61 Å². The molecule has 0 spiro atoms. The van der Waals surface area contributed by atoms with Gasteiger partial charge in [-0.25, -0.2) is 4.21 Å². The van der Waals surface area contributed by atoms with Crippen molar-refractivity contribution < 1.29 is 13.5 Å². The zero-order valence-corrected chi connectivity index (χ0v) is 11.0. The lowest BCUT2D eigenvalue weighted by Crippen LogP contribution is -2.09. The Kier molecular flexibility index (Phi) is 6.18. The predicted octanol–water partition coefficient (Wildman–Crippen LogP) is 2.17. The summed E-state index contributed by atoms with van der Waals surface area (Å²) in [6.07, 6.45) is 0.909. The summed E-state index contributed by atoms with van der Waals surface area (Å²) in [5, 5.41) is 3.30. The fourth-order valence-corrected chi connectivity index (χ4v) is 2.17. The van der Waals surface area contributed by atoms with Crippen LogP contribution >= 0.6 is 0 Å². The number of hydrogen-bond acceptors (Lipinski definition) is 3. The van der Waals surface area contributed by atoms with Gasteiger partial charge in [-0.15, -0.1) is 0 Å². The number of hydrogen-bond donors (Lipinski definition) is 2. The molecule has 0 radical (unpaired) electrons. The zero-order chi connectivity index (χ0) is 12.7. The molecule has 0 saturated heterocycles. The topological polar surface area (TPSA) is 58.6 Å². The summed E-state index contributed by atoms with van der Waals surface area (Å²) in [5.41, 5.74) is 2.93. The van der Waals surface area contributed by atoms with Crippen LogP contribution in [0.5, 0.6) is 0 Å². The van der Waals surface area contributed by atoms with Gasteiger partial charge in [0.15, 0.2) is 11.1 Å². The molecule has 0 aliphatic heterocycles. The number of ether oxygens (including phenoxy) is 1. The molecule has 1 aromatic rings. The minimum absolute atomic E-state index is 0.161. The van der Waals surface area contributed by atoms with Crippen molar-refractivity contribution in [1.29, 1.82) is 0 Å². The normalized spacial score (nSPS) is 12.4. The van der Waals surface area contributed by atoms with Crippen molar-refractivity contribution >= 4 is 16.8 Å². The van der Waals surface area contributed by atoms with Crippen molar-refractivity contribution in [3.8, 4) is 0 Å². The first-order valence-electron chi connectivity index (χ1n) is 5.54. The third-order valence-corrected chi connectivity index (χ3v) is 3.02. The van der Waals surface area contributed by atoms with Crippen LogP contribution in [-0.2, 0) is 21.6 Å². The van der Waals surface area contributed by atoms with Crippen LogP contribution in [0.25, 0.3) is 0 Å². The molecule has 96 valence electrons. The second kappa shape index (κ2) is 7.42. The molecule has 17 heavy (non-hydrogen) atoms. The number of para-hydroxylation sites is 1. The maximum absolute atomic E-state index is 10.9. The van der Waals surface area contributed by atoms with E-state index in [1.165, 1.54) is 0 Å². The summed E-state index contributed by atoms with van der Waals surface area (Å²) in [5.74, 6) is 0.161. The minimum atomic E-state index is -1.81. The quantitative estimate of drug-likeness (QED) is 0.580. The molecule has 1 unspecified atom stereocenters. The average Bonchev–Trinajstić information content (AvgIpc) is 2.26. The Morgan fingerprint density at radius 1 is 1.47 bits per heavy atom. The molecule has 0 heterocycles. The summed E-state index contributed by atoms with van der Waals surface area (Å²) < 4.78 is 24.8. The summed E-state index contributed by atoms with van der Waals surface area (Å²) in [6, 6.07) is 5.76. The smallest absolute Gasteiger partial charge is 0.157 e. The highest BCUT2D eigenvalue weighted by Gasteiger charge is 2.07. The van der Waals surface area contributed by atoms with E-state index in [2.05, 4.69) is 5.32 Å². The lowest BCUT2D eigenvalue weighted by atomic mass is 10.1. The van der Waals surface area contributed by atoms with Crippen molar-refractivity contribution in [1.82, 2.24) is 0 Å². The van der Waals surface area contributed by atoms with Crippen molar-refractivity contribution in [2.24, 2.45) is 0 Å². The Morgan fingerprint density at radius 3 is 2.88 bits per heavy atom. The fraction of sp³-hybridized carbons (Fsp3) is 0.500. The maximum Gasteiger partial charge on any atom is 0.157 e. The van der Waals surface area contributed by atoms with Crippen molar-refractivity contribution in [3.63, 3.8) is 0 Å². The van der Waals surface area contributed by atoms with E-state index in [4.69, 9.17) is 9.29 Å². The van der Waals surface area contributed by atoms with Gasteiger partial charge in [0.1, 0.15) is 0 Å². The van der Waals surface area contributed by atoms with Crippen LogP contribution < -0.4 is 5.32 Å². The average molecular weight is 257 g/mol. The molecular formula is C12H19NO3S. The molecule has 0 aliphatic rings. The number of rotatable bonds is 7. The van der Waals surface area contributed by atoms with E-state index in [9.17, 15) is 4.21 Å². The Balaban J connectivity index is 2.70. The van der Waals surface area contributed by atoms with E-state index in [0.717, 1.165) is 29.8 Å². The molecule has 0 fully saturated rings. The van der Waals surface area contributed by atoms with Crippen LogP contribution in [0.15, 0.2) is 18.2 Å². The van der Waals surface area contributed by atoms with Gasteiger partial charge in [0, 0.05) is 25.9 Å². The molecule has 4 nitrogen and oxygen atoms in total. The first kappa shape index (κ1) is 14.2. The first-order chi connectivity index (χ1) is 8.15. The van der Waals surface area contributed by atoms with Crippen LogP contribution in [0.4, 0.5) is 5.69 Å². The number of nitrogens with one attached hydrogen (secondary N) is 1. The SMILES string of the molecule is COCCCNc1c(C)cccc1CS(=O)O. The highest BCUT2D eigenvalue weighted by Crippen LogP contribution is 2.21.